The maximum Gasteiger partial charge on any atom is 0.326 e. The minimum atomic E-state index is -3.24. The van der Waals surface area contributed by atoms with E-state index in [9.17, 15) is 23.1 Å². The highest BCUT2D eigenvalue weighted by Crippen LogP contribution is 2.31. The molecular weight excluding hydrogens is 572 g/mol. The van der Waals surface area contributed by atoms with Crippen LogP contribution in [0.1, 0.15) is 34.3 Å². The predicted molar refractivity (Wildman–Crippen MR) is 168 cm³/mol. The van der Waals surface area contributed by atoms with Gasteiger partial charge in [0.05, 0.1) is 5.25 Å². The van der Waals surface area contributed by atoms with Gasteiger partial charge in [0.25, 0.3) is 5.91 Å². The number of hydrogen-bond donors (Lipinski definition) is 2. The van der Waals surface area contributed by atoms with Crippen molar-refractivity contribution >= 4 is 33.5 Å². The number of hydrogen-bond acceptors (Lipinski definition) is 7. The zero-order valence-electron chi connectivity index (χ0n) is 24.2. The molecule has 1 aliphatic rings. The second-order valence-electron chi connectivity index (χ2n) is 10.7. The Bertz CT molecular complexity index is 1500. The molecule has 0 aliphatic carbocycles. The number of carbonyl (C=O) groups is 2. The summed E-state index contributed by atoms with van der Waals surface area (Å²) in [6.07, 6.45) is 3.97. The second kappa shape index (κ2) is 14.2. The number of amides is 1. The van der Waals surface area contributed by atoms with Gasteiger partial charge < -0.3 is 15.2 Å². The number of aliphatic carboxylic acids is 1. The Morgan fingerprint density at radius 2 is 1.79 bits per heavy atom. The van der Waals surface area contributed by atoms with E-state index >= 15 is 0 Å². The van der Waals surface area contributed by atoms with Crippen LogP contribution in [0.3, 0.4) is 0 Å². The third kappa shape index (κ3) is 8.14. The van der Waals surface area contributed by atoms with Gasteiger partial charge in [0.15, 0.2) is 9.84 Å². The summed E-state index contributed by atoms with van der Waals surface area (Å²) in [6, 6.07) is 21.7. The number of likely N-dealkylation sites (tertiary alicyclic amines) is 1. The van der Waals surface area contributed by atoms with E-state index in [1.165, 1.54) is 18.0 Å². The van der Waals surface area contributed by atoms with Crippen LogP contribution in [0.15, 0.2) is 72.8 Å². The van der Waals surface area contributed by atoms with Crippen molar-refractivity contribution < 1.29 is 27.9 Å². The van der Waals surface area contributed by atoms with Crippen LogP contribution in [0.25, 0.3) is 11.1 Å². The van der Waals surface area contributed by atoms with Gasteiger partial charge in [-0.05, 0) is 78.3 Å². The molecular formula is C32H38N2O6S2. The van der Waals surface area contributed by atoms with E-state index in [4.69, 9.17) is 4.74 Å². The first-order valence-corrected chi connectivity index (χ1v) is 17.2. The number of rotatable bonds is 13. The number of benzene rings is 3. The van der Waals surface area contributed by atoms with Gasteiger partial charge in [0, 0.05) is 31.0 Å². The zero-order valence-corrected chi connectivity index (χ0v) is 25.8. The van der Waals surface area contributed by atoms with Gasteiger partial charge in [-0.1, -0.05) is 48.5 Å². The molecule has 10 heteroatoms. The molecule has 4 rings (SSSR count). The molecule has 3 aromatic carbocycles. The number of carbonyl (C=O) groups excluding carboxylic acids is 1. The normalized spacial score (nSPS) is 18.0. The predicted octanol–water partition coefficient (Wildman–Crippen LogP) is 4.66. The van der Waals surface area contributed by atoms with Gasteiger partial charge in [0.1, 0.15) is 18.4 Å². The van der Waals surface area contributed by atoms with Crippen molar-refractivity contribution in [3.63, 3.8) is 0 Å². The summed E-state index contributed by atoms with van der Waals surface area (Å²) >= 11 is 1.53. The molecule has 0 aromatic heterocycles. The molecule has 0 bridgehead atoms. The second-order valence-corrected chi connectivity index (χ2v) is 14.0. The van der Waals surface area contributed by atoms with Gasteiger partial charge in [-0.2, -0.15) is 11.8 Å². The lowest BCUT2D eigenvalue weighted by Gasteiger charge is -2.25. The fourth-order valence-corrected chi connectivity index (χ4v) is 6.78. The van der Waals surface area contributed by atoms with Crippen LogP contribution in [-0.4, -0.2) is 79.1 Å². The monoisotopic (exact) mass is 610 g/mol. The maximum atomic E-state index is 13.4. The Balaban J connectivity index is 1.63. The molecule has 224 valence electrons. The molecule has 0 radical (unpaired) electrons. The number of aryl methyl sites for hydroxylation is 1. The lowest BCUT2D eigenvalue weighted by molar-refractivity contribution is -0.139. The summed E-state index contributed by atoms with van der Waals surface area (Å²) < 4.78 is 31.0. The van der Waals surface area contributed by atoms with Crippen molar-refractivity contribution in [3.8, 4) is 16.9 Å². The van der Waals surface area contributed by atoms with Crippen molar-refractivity contribution in [1.82, 2.24) is 10.2 Å². The Kier molecular flexibility index (Phi) is 10.7. The van der Waals surface area contributed by atoms with Gasteiger partial charge in [0.2, 0.25) is 0 Å². The lowest BCUT2D eigenvalue weighted by atomic mass is 9.93. The van der Waals surface area contributed by atoms with Crippen molar-refractivity contribution in [2.24, 2.45) is 0 Å². The first kappa shape index (κ1) is 31.6. The number of sulfone groups is 1. The van der Waals surface area contributed by atoms with Gasteiger partial charge >= 0.3 is 5.97 Å². The number of ether oxygens (including phenoxy) is 1. The number of thioether (sulfide) groups is 1. The number of carboxylic acid groups (broad SMARTS) is 1. The summed E-state index contributed by atoms with van der Waals surface area (Å²) in [6.45, 7) is 3.19. The van der Waals surface area contributed by atoms with E-state index in [1.807, 2.05) is 79.9 Å². The molecule has 8 nitrogen and oxygen atoms in total. The van der Waals surface area contributed by atoms with Crippen molar-refractivity contribution in [2.45, 2.75) is 43.6 Å². The van der Waals surface area contributed by atoms with Crippen molar-refractivity contribution in [1.29, 1.82) is 0 Å². The molecule has 1 amide bonds. The molecule has 0 spiro atoms. The highest BCUT2D eigenvalue weighted by Gasteiger charge is 2.38. The molecule has 1 fully saturated rings. The van der Waals surface area contributed by atoms with Gasteiger partial charge in [-0.3, -0.25) is 9.69 Å². The molecule has 0 saturated carbocycles. The highest BCUT2D eigenvalue weighted by molar-refractivity contribution is 7.98. The van der Waals surface area contributed by atoms with E-state index in [0.717, 1.165) is 22.4 Å². The van der Waals surface area contributed by atoms with E-state index < -0.39 is 33.0 Å². The van der Waals surface area contributed by atoms with Crippen LogP contribution in [-0.2, 0) is 21.2 Å². The number of carboxylic acids is 1. The summed E-state index contributed by atoms with van der Waals surface area (Å²) in [7, 11) is -3.24. The quantitative estimate of drug-likeness (QED) is 0.287. The number of para-hydroxylation sites is 1. The molecule has 2 N–H and O–H groups in total. The highest BCUT2D eigenvalue weighted by atomic mass is 32.2. The van der Waals surface area contributed by atoms with Crippen LogP contribution in [0.2, 0.25) is 0 Å². The van der Waals surface area contributed by atoms with Crippen LogP contribution >= 0.6 is 11.8 Å². The molecule has 1 saturated heterocycles. The third-order valence-electron chi connectivity index (χ3n) is 7.64. The molecule has 1 aliphatic heterocycles. The molecule has 1 heterocycles. The topological polar surface area (TPSA) is 113 Å². The molecule has 3 aromatic rings. The van der Waals surface area contributed by atoms with Gasteiger partial charge in [-0.15, -0.1) is 0 Å². The molecule has 3 atom stereocenters. The van der Waals surface area contributed by atoms with Crippen molar-refractivity contribution in [2.75, 3.05) is 31.4 Å². The molecule has 42 heavy (non-hydrogen) atoms. The summed E-state index contributed by atoms with van der Waals surface area (Å²) in [5, 5.41) is 11.9. The van der Waals surface area contributed by atoms with Crippen LogP contribution < -0.4 is 10.1 Å². The molecule has 0 unspecified atom stereocenters. The largest absolute Gasteiger partial charge is 0.492 e. The van der Waals surface area contributed by atoms with Gasteiger partial charge in [-0.25, -0.2) is 13.2 Å². The van der Waals surface area contributed by atoms with E-state index in [1.54, 1.807) is 6.07 Å². The fourth-order valence-electron chi connectivity index (χ4n) is 5.27. The maximum absolute atomic E-state index is 13.4. The fraction of sp³-hybridized carbons (Fsp3) is 0.375. The minimum absolute atomic E-state index is 0.109. The van der Waals surface area contributed by atoms with E-state index in [0.29, 0.717) is 49.4 Å². The third-order valence-corrected chi connectivity index (χ3v) is 9.84. The first-order chi connectivity index (χ1) is 20.1. The lowest BCUT2D eigenvalue weighted by Crippen LogP contribution is -2.41. The summed E-state index contributed by atoms with van der Waals surface area (Å²) in [5.41, 5.74) is 3.87. The number of nitrogens with zero attached hydrogens (tertiary/aromatic N) is 1. The standard InChI is InChI=1S/C32H38N2O6S2/c1-22-9-7-8-12-27(22)29-17-23(13-14-28(29)31(35)33-30(32(36)37)15-16-41-2)19-34-20-26(42(3,38)39)18-24(34)21-40-25-10-5-4-6-11-25/h4-14,17,24,26,30H,15-16,18-21H2,1-3H3,(H,33,35)(H,36,37)/t24-,26+,30+/m1/s1. The Hall–Kier alpha value is -3.34. The van der Waals surface area contributed by atoms with Crippen LogP contribution in [0.5, 0.6) is 5.75 Å². The van der Waals surface area contributed by atoms with Crippen LogP contribution in [0, 0.1) is 6.92 Å². The smallest absolute Gasteiger partial charge is 0.326 e. The van der Waals surface area contributed by atoms with Crippen molar-refractivity contribution in [3.05, 3.63) is 89.5 Å². The SMILES string of the molecule is CSCC[C@H](NC(=O)c1ccc(CN2C[C@@H](S(C)(=O)=O)C[C@@H]2COc2ccccc2)cc1-c1ccccc1C)C(=O)O. The average Bonchev–Trinajstić information content (AvgIpc) is 3.38. The van der Waals surface area contributed by atoms with E-state index in [-0.39, 0.29) is 6.04 Å². The van der Waals surface area contributed by atoms with E-state index in [2.05, 4.69) is 10.2 Å². The zero-order chi connectivity index (χ0) is 30.3. The average molecular weight is 611 g/mol. The summed E-state index contributed by atoms with van der Waals surface area (Å²) in [4.78, 5) is 27.4. The Morgan fingerprint density at radius 1 is 1.07 bits per heavy atom. The Morgan fingerprint density at radius 3 is 2.45 bits per heavy atom. The number of nitrogens with one attached hydrogen (secondary N) is 1. The minimum Gasteiger partial charge on any atom is -0.492 e. The summed E-state index contributed by atoms with van der Waals surface area (Å²) in [5.74, 6) is -0.166. The Labute approximate surface area is 252 Å². The first-order valence-electron chi connectivity index (χ1n) is 13.9. The van der Waals surface area contributed by atoms with Crippen LogP contribution in [0.4, 0.5) is 0 Å².